The zero-order chi connectivity index (χ0) is 19.2. The topological polar surface area (TPSA) is 107 Å². The maximum atomic E-state index is 12.3. The van der Waals surface area contributed by atoms with Crippen LogP contribution in [-0.2, 0) is 9.59 Å². The van der Waals surface area contributed by atoms with Crippen molar-refractivity contribution in [3.8, 4) is 0 Å². The number of carbonyl (C=O) groups excluding carboxylic acids is 2. The fourth-order valence-corrected chi connectivity index (χ4v) is 3.72. The van der Waals surface area contributed by atoms with Crippen molar-refractivity contribution in [1.29, 1.82) is 0 Å². The van der Waals surface area contributed by atoms with Crippen LogP contribution in [0.4, 0.5) is 0 Å². The van der Waals surface area contributed by atoms with Gasteiger partial charge < -0.3 is 20.4 Å². The normalized spacial score (nSPS) is 22.1. The van der Waals surface area contributed by atoms with Crippen LogP contribution in [-0.4, -0.2) is 80.6 Å². The Labute approximate surface area is 179 Å². The van der Waals surface area contributed by atoms with E-state index in [-0.39, 0.29) is 59.2 Å². The SMILES string of the molecule is CC(C)NC(=O)c1cccc(C2=C(C(=O)O)N3C(=O)[C@H]([C@@H](C)O)[C@H]3C2)c1.[Na]. The number of carboxylic acids is 1. The second-order valence-corrected chi connectivity index (χ2v) is 7.09. The molecule has 0 saturated carbocycles. The van der Waals surface area contributed by atoms with Gasteiger partial charge in [0.1, 0.15) is 5.70 Å². The number of aliphatic carboxylic acids is 1. The molecule has 3 atom stereocenters. The molecule has 2 heterocycles. The van der Waals surface area contributed by atoms with E-state index in [1.165, 1.54) is 11.8 Å². The molecule has 0 aromatic heterocycles. The van der Waals surface area contributed by atoms with Crippen molar-refractivity contribution in [1.82, 2.24) is 10.2 Å². The van der Waals surface area contributed by atoms with Crippen molar-refractivity contribution < 1.29 is 24.6 Å². The van der Waals surface area contributed by atoms with Gasteiger partial charge in [0, 0.05) is 41.2 Å². The Balaban J connectivity index is 0.00000261. The molecule has 139 valence electrons. The third-order valence-corrected chi connectivity index (χ3v) is 4.82. The predicted octanol–water partition coefficient (Wildman–Crippen LogP) is 0.851. The summed E-state index contributed by atoms with van der Waals surface area (Å²) < 4.78 is 0. The minimum atomic E-state index is -1.18. The Morgan fingerprint density at radius 3 is 2.48 bits per heavy atom. The van der Waals surface area contributed by atoms with Crippen molar-refractivity contribution in [3.05, 3.63) is 41.1 Å². The molecule has 2 aliphatic heterocycles. The molecule has 7 nitrogen and oxygen atoms in total. The molecule has 1 aromatic rings. The largest absolute Gasteiger partial charge is 0.477 e. The van der Waals surface area contributed by atoms with Gasteiger partial charge in [-0.2, -0.15) is 0 Å². The number of rotatable bonds is 5. The van der Waals surface area contributed by atoms with Crippen LogP contribution < -0.4 is 5.32 Å². The second-order valence-electron chi connectivity index (χ2n) is 7.09. The van der Waals surface area contributed by atoms with E-state index in [1.54, 1.807) is 24.3 Å². The molecule has 8 heteroatoms. The first-order chi connectivity index (χ1) is 12.2. The van der Waals surface area contributed by atoms with Gasteiger partial charge in [-0.3, -0.25) is 9.59 Å². The van der Waals surface area contributed by atoms with Crippen molar-refractivity contribution in [2.24, 2.45) is 5.92 Å². The Bertz CT molecular complexity index is 818. The van der Waals surface area contributed by atoms with Crippen molar-refractivity contribution in [2.75, 3.05) is 0 Å². The number of aliphatic hydroxyl groups is 1. The summed E-state index contributed by atoms with van der Waals surface area (Å²) in [5.41, 5.74) is 1.49. The average Bonchev–Trinajstić information content (AvgIpc) is 2.89. The second kappa shape index (κ2) is 8.14. The summed E-state index contributed by atoms with van der Waals surface area (Å²) in [6, 6.07) is 6.37. The summed E-state index contributed by atoms with van der Waals surface area (Å²) in [5.74, 6) is -2.38. The van der Waals surface area contributed by atoms with Crippen LogP contribution in [0.2, 0.25) is 0 Å². The molecule has 3 rings (SSSR count). The Kier molecular flexibility index (Phi) is 6.52. The maximum absolute atomic E-state index is 12.3. The van der Waals surface area contributed by atoms with Crippen LogP contribution in [0.1, 0.15) is 43.1 Å². The molecule has 0 unspecified atom stereocenters. The molecule has 1 radical (unpaired) electrons. The first-order valence-electron chi connectivity index (χ1n) is 8.61. The third-order valence-electron chi connectivity index (χ3n) is 4.82. The van der Waals surface area contributed by atoms with E-state index in [2.05, 4.69) is 5.32 Å². The summed E-state index contributed by atoms with van der Waals surface area (Å²) in [7, 11) is 0. The Morgan fingerprint density at radius 1 is 1.26 bits per heavy atom. The molecule has 0 aliphatic carbocycles. The number of β-lactam (4-membered cyclic amide) rings is 1. The van der Waals surface area contributed by atoms with Gasteiger partial charge in [-0.15, -0.1) is 0 Å². The minimum Gasteiger partial charge on any atom is -0.477 e. The van der Waals surface area contributed by atoms with Gasteiger partial charge in [-0.1, -0.05) is 12.1 Å². The van der Waals surface area contributed by atoms with Gasteiger partial charge in [0.15, 0.2) is 0 Å². The molecule has 3 N–H and O–H groups in total. The van der Waals surface area contributed by atoms with E-state index in [0.717, 1.165) is 0 Å². The van der Waals surface area contributed by atoms with Crippen molar-refractivity contribution in [2.45, 2.75) is 45.4 Å². The minimum absolute atomic E-state index is 0. The Hall–Kier alpha value is -1.67. The van der Waals surface area contributed by atoms with Crippen LogP contribution in [0, 0.1) is 5.92 Å². The average molecular weight is 381 g/mol. The number of hydrogen-bond donors (Lipinski definition) is 3. The molecule has 0 bridgehead atoms. The number of amides is 2. The standard InChI is InChI=1S/C19H22N2O5.Na/c1-9(2)20-17(23)12-6-4-5-11(7-12)13-8-14-15(10(3)22)18(24)21(14)16(13)19(25)26;/h4-7,9-10,14-15,22H,8H2,1-3H3,(H,20,23)(H,25,26);/t10-,14-,15-;/m1./s1. The van der Waals surface area contributed by atoms with Crippen LogP contribution in [0.25, 0.3) is 5.57 Å². The van der Waals surface area contributed by atoms with Gasteiger partial charge in [0.25, 0.3) is 5.91 Å². The first kappa shape index (κ1) is 21.6. The molecule has 1 aromatic carbocycles. The number of aliphatic hydroxyl groups excluding tert-OH is 1. The van der Waals surface area contributed by atoms with E-state index in [4.69, 9.17) is 0 Å². The van der Waals surface area contributed by atoms with Gasteiger partial charge in [-0.25, -0.2) is 4.79 Å². The number of nitrogens with one attached hydrogen (secondary N) is 1. The van der Waals surface area contributed by atoms with Crippen LogP contribution in [0.5, 0.6) is 0 Å². The molecule has 1 fully saturated rings. The van der Waals surface area contributed by atoms with Crippen molar-refractivity contribution in [3.63, 3.8) is 0 Å². The predicted molar refractivity (Wildman–Crippen MR) is 99.8 cm³/mol. The molecule has 27 heavy (non-hydrogen) atoms. The summed E-state index contributed by atoms with van der Waals surface area (Å²) in [5, 5.41) is 22.2. The van der Waals surface area contributed by atoms with E-state index in [0.29, 0.717) is 23.1 Å². The smallest absolute Gasteiger partial charge is 0.352 e. The quantitative estimate of drug-likeness (QED) is 0.518. The molecule has 0 spiro atoms. The number of benzene rings is 1. The molecule has 1 saturated heterocycles. The summed E-state index contributed by atoms with van der Waals surface area (Å²) in [4.78, 5) is 37.5. The zero-order valence-electron chi connectivity index (χ0n) is 15.9. The Morgan fingerprint density at radius 2 is 1.93 bits per heavy atom. The first-order valence-corrected chi connectivity index (χ1v) is 8.61. The van der Waals surface area contributed by atoms with Crippen molar-refractivity contribution >= 4 is 52.9 Å². The van der Waals surface area contributed by atoms with E-state index >= 15 is 0 Å². The van der Waals surface area contributed by atoms with E-state index in [1.807, 2.05) is 13.8 Å². The fourth-order valence-electron chi connectivity index (χ4n) is 3.72. The van der Waals surface area contributed by atoms with E-state index < -0.39 is 18.0 Å². The summed E-state index contributed by atoms with van der Waals surface area (Å²) >= 11 is 0. The number of carbonyl (C=O) groups is 3. The number of fused-ring (bicyclic) bond motifs is 1. The molecular formula is C19H22N2NaO5. The van der Waals surface area contributed by atoms with Gasteiger partial charge in [0.05, 0.1) is 18.1 Å². The fraction of sp³-hybridized carbons (Fsp3) is 0.421. The van der Waals surface area contributed by atoms with Crippen LogP contribution in [0.15, 0.2) is 30.0 Å². The number of carboxylic acid groups (broad SMARTS) is 1. The van der Waals surface area contributed by atoms with Gasteiger partial charge >= 0.3 is 5.97 Å². The molecule has 2 amide bonds. The van der Waals surface area contributed by atoms with Crippen LogP contribution in [0.3, 0.4) is 0 Å². The number of hydrogen-bond acceptors (Lipinski definition) is 4. The zero-order valence-corrected chi connectivity index (χ0v) is 17.9. The summed E-state index contributed by atoms with van der Waals surface area (Å²) in [6.45, 7) is 5.25. The monoisotopic (exact) mass is 381 g/mol. The van der Waals surface area contributed by atoms with E-state index in [9.17, 15) is 24.6 Å². The van der Waals surface area contributed by atoms with Gasteiger partial charge in [0.2, 0.25) is 5.91 Å². The van der Waals surface area contributed by atoms with Crippen LogP contribution >= 0.6 is 0 Å². The molecule has 2 aliphatic rings. The number of nitrogens with zero attached hydrogens (tertiary/aromatic N) is 1. The maximum Gasteiger partial charge on any atom is 0.352 e. The summed E-state index contributed by atoms with van der Waals surface area (Å²) in [6.07, 6.45) is -0.487. The third kappa shape index (κ3) is 3.82. The molecular weight excluding hydrogens is 359 g/mol. The van der Waals surface area contributed by atoms with Gasteiger partial charge in [-0.05, 0) is 50.5 Å².